The molecule has 1 spiro atoms. The molecule has 0 aromatic rings. The van der Waals surface area contributed by atoms with E-state index in [2.05, 4.69) is 20.8 Å². The fourth-order valence-corrected chi connectivity index (χ4v) is 9.24. The second-order valence-corrected chi connectivity index (χ2v) is 11.1. The van der Waals surface area contributed by atoms with Crippen molar-refractivity contribution in [3.63, 3.8) is 0 Å². The van der Waals surface area contributed by atoms with Crippen LogP contribution in [-0.2, 0) is 9.53 Å². The molecule has 6 aliphatic rings. The van der Waals surface area contributed by atoms with Gasteiger partial charge in [-0.15, -0.1) is 0 Å². The summed E-state index contributed by atoms with van der Waals surface area (Å²) in [4.78, 5) is 11.6. The fourth-order valence-electron chi connectivity index (χ4n) is 9.24. The van der Waals surface area contributed by atoms with Crippen LogP contribution in [0.15, 0.2) is 0 Å². The highest BCUT2D eigenvalue weighted by Gasteiger charge is 2.78. The van der Waals surface area contributed by atoms with E-state index in [-0.39, 0.29) is 24.1 Å². The maximum Gasteiger partial charge on any atom is 0.302 e. The first-order valence-electron chi connectivity index (χ1n) is 10.5. The van der Waals surface area contributed by atoms with E-state index in [1.165, 1.54) is 39.0 Å². The molecule has 25 heavy (non-hydrogen) atoms. The molecule has 6 fully saturated rings. The van der Waals surface area contributed by atoms with Gasteiger partial charge in [0.2, 0.25) is 0 Å². The smallest absolute Gasteiger partial charge is 0.302 e. The van der Waals surface area contributed by atoms with E-state index in [9.17, 15) is 9.90 Å². The van der Waals surface area contributed by atoms with E-state index in [0.29, 0.717) is 22.2 Å². The molecule has 0 heterocycles. The summed E-state index contributed by atoms with van der Waals surface area (Å²) in [6.07, 6.45) is 8.86. The number of hydrogen-bond acceptors (Lipinski definition) is 3. The summed E-state index contributed by atoms with van der Waals surface area (Å²) >= 11 is 0. The third kappa shape index (κ3) is 1.79. The van der Waals surface area contributed by atoms with Gasteiger partial charge in [0.25, 0.3) is 0 Å². The lowest BCUT2D eigenvalue weighted by molar-refractivity contribution is -0.216. The zero-order valence-corrected chi connectivity index (χ0v) is 16.3. The van der Waals surface area contributed by atoms with Crippen LogP contribution in [0.25, 0.3) is 0 Å². The Morgan fingerprint density at radius 1 is 1.08 bits per heavy atom. The molecular weight excluding hydrogens is 312 g/mol. The normalized spacial score (nSPS) is 61.2. The summed E-state index contributed by atoms with van der Waals surface area (Å²) in [7, 11) is 0. The first-order chi connectivity index (χ1) is 11.7. The van der Waals surface area contributed by atoms with E-state index in [4.69, 9.17) is 4.74 Å². The van der Waals surface area contributed by atoms with Crippen LogP contribution in [0.2, 0.25) is 0 Å². The highest BCUT2D eigenvalue weighted by Crippen LogP contribution is 2.85. The topological polar surface area (TPSA) is 46.5 Å². The number of ether oxygens (including phenoxy) is 1. The average molecular weight is 347 g/mol. The maximum atomic E-state index is 11.6. The molecular formula is C22H34O3. The second kappa shape index (κ2) is 4.64. The molecule has 9 atom stereocenters. The van der Waals surface area contributed by atoms with Crippen LogP contribution in [-0.4, -0.2) is 23.8 Å². The molecule has 6 rings (SSSR count). The molecule has 6 saturated carbocycles. The summed E-state index contributed by atoms with van der Waals surface area (Å²) in [5, 5.41) is 10.4. The van der Waals surface area contributed by atoms with Crippen molar-refractivity contribution in [2.24, 2.45) is 45.3 Å². The molecule has 0 aromatic carbocycles. The quantitative estimate of drug-likeness (QED) is 0.763. The van der Waals surface area contributed by atoms with Crippen molar-refractivity contribution in [3.8, 4) is 0 Å². The summed E-state index contributed by atoms with van der Waals surface area (Å²) in [5.74, 6) is 3.08. The number of esters is 1. The zero-order valence-electron chi connectivity index (χ0n) is 16.3. The van der Waals surface area contributed by atoms with Gasteiger partial charge in [-0.3, -0.25) is 4.79 Å². The predicted octanol–water partition coefficient (Wildman–Crippen LogP) is 4.18. The molecule has 3 heteroatoms. The zero-order chi connectivity index (χ0) is 17.8. The van der Waals surface area contributed by atoms with Crippen molar-refractivity contribution in [2.45, 2.75) is 78.7 Å². The lowest BCUT2D eigenvalue weighted by Gasteiger charge is -2.66. The highest BCUT2D eigenvalue weighted by molar-refractivity contribution is 5.66. The van der Waals surface area contributed by atoms with Crippen molar-refractivity contribution in [1.29, 1.82) is 0 Å². The Hall–Kier alpha value is -0.570. The van der Waals surface area contributed by atoms with Crippen molar-refractivity contribution >= 4 is 5.97 Å². The maximum absolute atomic E-state index is 11.6. The van der Waals surface area contributed by atoms with Crippen LogP contribution in [0.4, 0.5) is 0 Å². The molecule has 0 saturated heterocycles. The van der Waals surface area contributed by atoms with Crippen LogP contribution in [0.5, 0.6) is 0 Å². The predicted molar refractivity (Wildman–Crippen MR) is 95.7 cm³/mol. The van der Waals surface area contributed by atoms with Gasteiger partial charge in [0.1, 0.15) is 6.10 Å². The van der Waals surface area contributed by atoms with Gasteiger partial charge in [-0.25, -0.2) is 0 Å². The number of fused-ring (bicyclic) bond motifs is 1. The van der Waals surface area contributed by atoms with Gasteiger partial charge < -0.3 is 9.84 Å². The Morgan fingerprint density at radius 3 is 2.44 bits per heavy atom. The minimum absolute atomic E-state index is 0.119. The minimum Gasteiger partial charge on any atom is -0.462 e. The molecule has 0 amide bonds. The molecule has 4 bridgehead atoms. The van der Waals surface area contributed by atoms with Gasteiger partial charge in [-0.1, -0.05) is 20.8 Å². The van der Waals surface area contributed by atoms with E-state index in [1.54, 1.807) is 0 Å². The monoisotopic (exact) mass is 346 g/mol. The van der Waals surface area contributed by atoms with Gasteiger partial charge in [-0.05, 0) is 84.9 Å². The van der Waals surface area contributed by atoms with Crippen LogP contribution >= 0.6 is 0 Å². The number of rotatable bonds is 2. The number of carbonyl (C=O) groups is 1. The average Bonchev–Trinajstić information content (AvgIpc) is 3.00. The molecule has 0 aliphatic heterocycles. The van der Waals surface area contributed by atoms with Gasteiger partial charge in [0.15, 0.2) is 0 Å². The SMILES string of the molecule is CC(=O)O[C@@H]1CC[C@]2(C)C(CC[C@@]34C[C@H]5[C@@H](C[C@H]32)[C@]5(C)C4)[C@@]1(C)CO. The molecule has 0 radical (unpaired) electrons. The van der Waals surface area contributed by atoms with Crippen LogP contribution in [0.1, 0.15) is 72.6 Å². The van der Waals surface area contributed by atoms with Crippen molar-refractivity contribution in [3.05, 3.63) is 0 Å². The molecule has 3 nitrogen and oxygen atoms in total. The third-order valence-electron chi connectivity index (χ3n) is 10.3. The first-order valence-corrected chi connectivity index (χ1v) is 10.5. The summed E-state index contributed by atoms with van der Waals surface area (Å²) in [5.41, 5.74) is 1.29. The van der Waals surface area contributed by atoms with Crippen molar-refractivity contribution in [2.75, 3.05) is 6.61 Å². The minimum atomic E-state index is -0.284. The molecule has 1 N–H and O–H groups in total. The van der Waals surface area contributed by atoms with E-state index in [0.717, 1.165) is 30.6 Å². The van der Waals surface area contributed by atoms with Crippen LogP contribution in [0.3, 0.4) is 0 Å². The molecule has 140 valence electrons. The molecule has 6 aliphatic carbocycles. The van der Waals surface area contributed by atoms with E-state index in [1.807, 2.05) is 0 Å². The lowest BCUT2D eigenvalue weighted by atomic mass is 9.39. The van der Waals surface area contributed by atoms with Gasteiger partial charge in [0, 0.05) is 12.3 Å². The third-order valence-corrected chi connectivity index (χ3v) is 10.3. The van der Waals surface area contributed by atoms with Crippen LogP contribution < -0.4 is 0 Å². The molecule has 0 aromatic heterocycles. The second-order valence-electron chi connectivity index (χ2n) is 11.1. The van der Waals surface area contributed by atoms with Gasteiger partial charge in [-0.2, -0.15) is 0 Å². The van der Waals surface area contributed by atoms with Crippen molar-refractivity contribution < 1.29 is 14.6 Å². The summed E-state index contributed by atoms with van der Waals surface area (Å²) in [6.45, 7) is 8.91. The Balaban J connectivity index is 1.50. The summed E-state index contributed by atoms with van der Waals surface area (Å²) < 4.78 is 5.71. The number of aliphatic hydroxyl groups is 1. The van der Waals surface area contributed by atoms with Crippen molar-refractivity contribution in [1.82, 2.24) is 0 Å². The fraction of sp³-hybridized carbons (Fsp3) is 0.955. The summed E-state index contributed by atoms with van der Waals surface area (Å²) in [6, 6.07) is 0. The number of hydrogen-bond donors (Lipinski definition) is 1. The van der Waals surface area contributed by atoms with Crippen LogP contribution in [0, 0.1) is 45.3 Å². The number of carbonyl (C=O) groups excluding carboxylic acids is 1. The van der Waals surface area contributed by atoms with Gasteiger partial charge in [0.05, 0.1) is 6.61 Å². The highest BCUT2D eigenvalue weighted by atomic mass is 16.5. The van der Waals surface area contributed by atoms with Gasteiger partial charge >= 0.3 is 5.97 Å². The van der Waals surface area contributed by atoms with E-state index < -0.39 is 0 Å². The Bertz CT molecular complexity index is 631. The molecule has 1 unspecified atom stereocenters. The van der Waals surface area contributed by atoms with E-state index >= 15 is 0 Å². The Labute approximate surface area is 151 Å². The first kappa shape index (κ1) is 16.6. The largest absolute Gasteiger partial charge is 0.462 e. The Kier molecular flexibility index (Phi) is 3.08. The lowest BCUT2D eigenvalue weighted by Crippen LogP contribution is -2.62. The number of aliphatic hydroxyl groups excluding tert-OH is 1. The Morgan fingerprint density at radius 2 is 1.84 bits per heavy atom. The standard InChI is InChI=1S/C22H34O3/c1-13(24)25-18-6-7-19(2)16(21(18,4)12-23)5-8-22-10-15-14(9-17(19)22)20(15,3)11-22/h14-18,23H,5-12H2,1-4H3/t14-,15+,16?,17+,18-,19-,20+,21-,22+/m1/s1.